The van der Waals surface area contributed by atoms with E-state index in [1.165, 1.54) is 12.1 Å². The molecule has 2 aliphatic carbocycles. The second kappa shape index (κ2) is 10.0. The highest BCUT2D eigenvalue weighted by Gasteiger charge is 2.48. The minimum Gasteiger partial charge on any atom is -0.487 e. The van der Waals surface area contributed by atoms with E-state index >= 15 is 0 Å². The molecule has 1 aliphatic heterocycles. The van der Waals surface area contributed by atoms with Crippen molar-refractivity contribution in [1.29, 1.82) is 0 Å². The lowest BCUT2D eigenvalue weighted by Crippen LogP contribution is -2.37. The Morgan fingerprint density at radius 1 is 0.897 bits per heavy atom. The Kier molecular flexibility index (Phi) is 7.12. The zero-order valence-corrected chi connectivity index (χ0v) is 25.4. The molecular formula is C30H29Br2NO6. The van der Waals surface area contributed by atoms with Crippen LogP contribution in [-0.2, 0) is 20.9 Å². The Hall–Kier alpha value is -2.78. The molecule has 204 valence electrons. The van der Waals surface area contributed by atoms with Crippen molar-refractivity contribution in [1.82, 2.24) is 0 Å². The Balaban J connectivity index is 1.52. The average molecular weight is 659 g/mol. The van der Waals surface area contributed by atoms with Gasteiger partial charge in [0.15, 0.2) is 11.6 Å². The zero-order chi connectivity index (χ0) is 28.3. The number of ketones is 2. The molecular weight excluding hydrogens is 630 g/mol. The molecule has 9 heteroatoms. The molecule has 0 spiro atoms. The van der Waals surface area contributed by atoms with Gasteiger partial charge in [-0.15, -0.1) is 0 Å². The number of nitro groups is 1. The van der Waals surface area contributed by atoms with Gasteiger partial charge in [-0.1, -0.05) is 27.7 Å². The molecule has 39 heavy (non-hydrogen) atoms. The summed E-state index contributed by atoms with van der Waals surface area (Å²) in [6, 6.07) is 10.0. The van der Waals surface area contributed by atoms with Gasteiger partial charge in [0, 0.05) is 54.9 Å². The van der Waals surface area contributed by atoms with E-state index in [2.05, 4.69) is 59.6 Å². The van der Waals surface area contributed by atoms with Crippen LogP contribution in [0.25, 0.3) is 0 Å². The molecule has 2 aromatic carbocycles. The number of carbonyl (C=O) groups is 2. The fourth-order valence-electron chi connectivity index (χ4n) is 5.76. The standard InChI is InChI=1S/C30H29Br2NO6/c1-29(2)11-21(34)26-23(13-29)39-24-14-30(3,4)12-22(35)27(24)25(26)17-9-19(31)28(20(32)10-17)38-15-16-5-7-18(8-6-16)33(36)37/h5-10,25H,11-15H2,1-4H3. The summed E-state index contributed by atoms with van der Waals surface area (Å²) >= 11 is 7.27. The topological polar surface area (TPSA) is 95.7 Å². The molecule has 0 saturated heterocycles. The highest BCUT2D eigenvalue weighted by atomic mass is 79.9. The number of allylic oxidation sites excluding steroid dienone is 4. The first-order valence-electron chi connectivity index (χ1n) is 12.8. The Labute approximate surface area is 244 Å². The molecule has 0 saturated carbocycles. The number of ether oxygens (including phenoxy) is 2. The molecule has 0 atom stereocenters. The minimum absolute atomic E-state index is 0.0150. The van der Waals surface area contributed by atoms with E-state index in [1.54, 1.807) is 12.1 Å². The number of hydrogen-bond acceptors (Lipinski definition) is 6. The Bertz CT molecular complexity index is 1390. The molecule has 7 nitrogen and oxygen atoms in total. The van der Waals surface area contributed by atoms with E-state index in [-0.39, 0.29) is 34.7 Å². The zero-order valence-electron chi connectivity index (χ0n) is 22.2. The summed E-state index contributed by atoms with van der Waals surface area (Å²) in [5, 5.41) is 10.9. The van der Waals surface area contributed by atoms with Crippen LogP contribution in [0.15, 0.2) is 68.0 Å². The molecule has 3 aliphatic rings. The quantitative estimate of drug-likeness (QED) is 0.238. The van der Waals surface area contributed by atoms with E-state index < -0.39 is 10.8 Å². The van der Waals surface area contributed by atoms with Gasteiger partial charge in [0.1, 0.15) is 23.9 Å². The summed E-state index contributed by atoms with van der Waals surface area (Å²) in [7, 11) is 0. The van der Waals surface area contributed by atoms with Crippen molar-refractivity contribution in [3.05, 3.63) is 89.2 Å². The molecule has 0 fully saturated rings. The van der Waals surface area contributed by atoms with Gasteiger partial charge < -0.3 is 9.47 Å². The van der Waals surface area contributed by atoms with Crippen LogP contribution in [0.1, 0.15) is 70.4 Å². The van der Waals surface area contributed by atoms with Gasteiger partial charge in [0.2, 0.25) is 0 Å². The third-order valence-electron chi connectivity index (χ3n) is 7.47. The van der Waals surface area contributed by atoms with Crippen LogP contribution in [0.4, 0.5) is 5.69 Å². The number of carbonyl (C=O) groups excluding carboxylic acids is 2. The second-order valence-electron chi connectivity index (χ2n) is 12.1. The molecule has 5 rings (SSSR count). The largest absolute Gasteiger partial charge is 0.487 e. The fraction of sp³-hybridized carbons (Fsp3) is 0.400. The lowest BCUT2D eigenvalue weighted by molar-refractivity contribution is -0.384. The number of non-ortho nitro benzene ring substituents is 1. The normalized spacial score (nSPS) is 20.4. The van der Waals surface area contributed by atoms with Gasteiger partial charge in [-0.25, -0.2) is 0 Å². The number of rotatable bonds is 5. The average Bonchev–Trinajstić information content (AvgIpc) is 2.80. The number of nitrogens with zero attached hydrogens (tertiary/aromatic N) is 1. The summed E-state index contributed by atoms with van der Waals surface area (Å²) < 4.78 is 13.8. The molecule has 0 radical (unpaired) electrons. The highest BCUT2D eigenvalue weighted by molar-refractivity contribution is 9.11. The maximum Gasteiger partial charge on any atom is 0.269 e. The van der Waals surface area contributed by atoms with E-state index in [1.807, 2.05) is 12.1 Å². The molecule has 0 unspecified atom stereocenters. The summed E-state index contributed by atoms with van der Waals surface area (Å²) in [6.07, 6.45) is 2.06. The predicted molar refractivity (Wildman–Crippen MR) is 153 cm³/mol. The number of halogens is 2. The van der Waals surface area contributed by atoms with Crippen LogP contribution in [0.5, 0.6) is 5.75 Å². The van der Waals surface area contributed by atoms with Crippen LogP contribution in [0.2, 0.25) is 0 Å². The second-order valence-corrected chi connectivity index (χ2v) is 13.8. The van der Waals surface area contributed by atoms with Crippen molar-refractivity contribution in [2.75, 3.05) is 0 Å². The maximum absolute atomic E-state index is 13.5. The van der Waals surface area contributed by atoms with E-state index in [0.29, 0.717) is 63.0 Å². The Morgan fingerprint density at radius 3 is 1.85 bits per heavy atom. The molecule has 1 heterocycles. The minimum atomic E-state index is -0.507. The Morgan fingerprint density at radius 2 is 1.38 bits per heavy atom. The van der Waals surface area contributed by atoms with Crippen molar-refractivity contribution >= 4 is 49.1 Å². The van der Waals surface area contributed by atoms with Gasteiger partial charge in [-0.3, -0.25) is 19.7 Å². The van der Waals surface area contributed by atoms with Gasteiger partial charge in [-0.05, 0) is 78.1 Å². The van der Waals surface area contributed by atoms with Crippen molar-refractivity contribution in [2.24, 2.45) is 10.8 Å². The number of Topliss-reactive ketones (excluding diaryl/α,β-unsaturated/α-hetero) is 2. The fourth-order valence-corrected chi connectivity index (χ4v) is 7.21. The van der Waals surface area contributed by atoms with Crippen LogP contribution < -0.4 is 4.74 Å². The van der Waals surface area contributed by atoms with Crippen molar-refractivity contribution in [3.8, 4) is 5.75 Å². The lowest BCUT2D eigenvalue weighted by atomic mass is 9.65. The van der Waals surface area contributed by atoms with Crippen molar-refractivity contribution in [2.45, 2.75) is 65.9 Å². The van der Waals surface area contributed by atoms with Crippen LogP contribution in [-0.4, -0.2) is 16.5 Å². The third-order valence-corrected chi connectivity index (χ3v) is 8.64. The monoisotopic (exact) mass is 657 g/mol. The number of hydrogen-bond donors (Lipinski definition) is 0. The molecule has 0 amide bonds. The van der Waals surface area contributed by atoms with E-state index in [0.717, 1.165) is 11.1 Å². The van der Waals surface area contributed by atoms with Crippen molar-refractivity contribution < 1.29 is 24.0 Å². The highest BCUT2D eigenvalue weighted by Crippen LogP contribution is 2.54. The first-order valence-corrected chi connectivity index (χ1v) is 14.4. The van der Waals surface area contributed by atoms with Crippen LogP contribution in [0.3, 0.4) is 0 Å². The summed E-state index contributed by atoms with van der Waals surface area (Å²) in [4.78, 5) is 37.6. The van der Waals surface area contributed by atoms with Crippen LogP contribution >= 0.6 is 31.9 Å². The molecule has 0 bridgehead atoms. The smallest absolute Gasteiger partial charge is 0.269 e. The first-order chi connectivity index (χ1) is 18.2. The van der Waals surface area contributed by atoms with Crippen molar-refractivity contribution in [3.63, 3.8) is 0 Å². The number of nitro benzene ring substituents is 1. The van der Waals surface area contributed by atoms with E-state index in [9.17, 15) is 19.7 Å². The number of benzene rings is 2. The summed E-state index contributed by atoms with van der Waals surface area (Å²) in [5.41, 5.74) is 2.33. The summed E-state index contributed by atoms with van der Waals surface area (Å²) in [6.45, 7) is 8.47. The van der Waals surface area contributed by atoms with Gasteiger partial charge in [0.05, 0.1) is 13.9 Å². The van der Waals surface area contributed by atoms with Gasteiger partial charge in [0.25, 0.3) is 5.69 Å². The first kappa shape index (κ1) is 27.8. The van der Waals surface area contributed by atoms with Gasteiger partial charge in [-0.2, -0.15) is 0 Å². The maximum atomic E-state index is 13.5. The van der Waals surface area contributed by atoms with Gasteiger partial charge >= 0.3 is 0 Å². The molecule has 2 aromatic rings. The third kappa shape index (κ3) is 5.48. The predicted octanol–water partition coefficient (Wildman–Crippen LogP) is 8.10. The lowest BCUT2D eigenvalue weighted by Gasteiger charge is -2.42. The summed E-state index contributed by atoms with van der Waals surface area (Å²) in [5.74, 6) is 1.43. The molecule has 0 N–H and O–H groups in total. The van der Waals surface area contributed by atoms with E-state index in [4.69, 9.17) is 9.47 Å². The van der Waals surface area contributed by atoms with Crippen LogP contribution in [0, 0.1) is 20.9 Å². The molecule has 0 aromatic heterocycles. The SMILES string of the molecule is CC1(C)CC(=O)C2=C(C1)OC1=C(C(=O)CC(C)(C)C1)C2c1cc(Br)c(OCc2ccc([N+](=O)[O-])cc2)c(Br)c1.